The van der Waals surface area contributed by atoms with Crippen LogP contribution < -0.4 is 5.32 Å². The highest BCUT2D eigenvalue weighted by Gasteiger charge is 2.88. The van der Waals surface area contributed by atoms with Gasteiger partial charge in [-0.15, -0.1) is 0 Å². The van der Waals surface area contributed by atoms with Crippen molar-refractivity contribution < 1.29 is 137 Å². The zero-order valence-electron chi connectivity index (χ0n) is 28.7. The van der Waals surface area contributed by atoms with E-state index in [1.165, 1.54) is 27.7 Å². The smallest absolute Gasteiger partial charge is 0.377 e. The minimum Gasteiger partial charge on any atom is -0.377 e. The second-order valence-electron chi connectivity index (χ2n) is 14.1. The van der Waals surface area contributed by atoms with Crippen LogP contribution in [0.3, 0.4) is 0 Å². The Bertz CT molecular complexity index is 1120. The molecule has 0 radical (unpaired) electrons. The average molecular weight is 929 g/mol. The van der Waals surface area contributed by atoms with E-state index in [4.69, 9.17) is 4.74 Å². The van der Waals surface area contributed by atoms with E-state index in [9.17, 15) is 119 Å². The molecule has 0 aliphatic carbocycles. The van der Waals surface area contributed by atoms with Crippen LogP contribution in [0, 0.1) is 5.41 Å². The standard InChI is InChI=1S/C26H26F27NO4/c1-12(2)5-11(6-13(3,4)54-12)55-7-14(8-56-15(18(27,28)29,19(30,31)32)20(33,34)35,9-57-16(21(36,37)38,22(39,40)41)23(42,43)44)10-58-17(24(45,46)47,25(48,49)50)26(51,52)53/h11,54H,5-10H2,1-4H3. The van der Waals surface area contributed by atoms with Crippen LogP contribution in [-0.2, 0) is 18.9 Å². The van der Waals surface area contributed by atoms with Crippen molar-refractivity contribution in [1.82, 2.24) is 5.32 Å². The molecule has 0 aromatic carbocycles. The number of piperidine rings is 1. The van der Waals surface area contributed by atoms with Crippen LogP contribution in [0.2, 0.25) is 0 Å². The third-order valence-electron chi connectivity index (χ3n) is 8.16. The minimum atomic E-state index is -8.03. The van der Waals surface area contributed by atoms with Gasteiger partial charge in [0.2, 0.25) is 0 Å². The zero-order valence-corrected chi connectivity index (χ0v) is 28.7. The predicted octanol–water partition coefficient (Wildman–Crippen LogP) is 10.6. The molecule has 0 atom stereocenters. The highest BCUT2D eigenvalue weighted by Crippen LogP contribution is 2.59. The van der Waals surface area contributed by atoms with Crippen LogP contribution in [0.25, 0.3) is 0 Å². The lowest BCUT2D eigenvalue weighted by Crippen LogP contribution is -2.71. The van der Waals surface area contributed by atoms with Crippen LogP contribution in [0.4, 0.5) is 119 Å². The van der Waals surface area contributed by atoms with E-state index in [1.807, 2.05) is 0 Å². The van der Waals surface area contributed by atoms with Gasteiger partial charge in [-0.25, -0.2) is 0 Å². The maximum Gasteiger partial charge on any atom is 0.435 e. The molecule has 58 heavy (non-hydrogen) atoms. The molecular formula is C26H26F27NO4. The SMILES string of the molecule is CC1(C)CC(OCC(COC(C(F)(F)F)(C(F)(F)F)C(F)(F)F)(COC(C(F)(F)F)(C(F)(F)F)C(F)(F)F)COC(C(F)(F)F)(C(F)(F)F)C(F)(F)F)CC(C)(C)N1. The predicted molar refractivity (Wildman–Crippen MR) is 133 cm³/mol. The number of ether oxygens (including phenoxy) is 4. The molecule has 32 heteroatoms. The molecular weight excluding hydrogens is 903 g/mol. The van der Waals surface area contributed by atoms with Gasteiger partial charge in [-0.2, -0.15) is 119 Å². The third-order valence-corrected chi connectivity index (χ3v) is 8.16. The number of hydrogen-bond acceptors (Lipinski definition) is 5. The number of nitrogens with one attached hydrogen (secondary N) is 1. The Balaban J connectivity index is 4.52. The molecule has 0 aromatic heterocycles. The van der Waals surface area contributed by atoms with Gasteiger partial charge in [0.15, 0.2) is 0 Å². The van der Waals surface area contributed by atoms with Crippen molar-refractivity contribution in [1.29, 1.82) is 0 Å². The van der Waals surface area contributed by atoms with Crippen LogP contribution in [0.5, 0.6) is 0 Å². The Morgan fingerprint density at radius 3 is 0.724 bits per heavy atom. The summed E-state index contributed by atoms with van der Waals surface area (Å²) >= 11 is 0. The van der Waals surface area contributed by atoms with Gasteiger partial charge in [-0.3, -0.25) is 0 Å². The lowest BCUT2D eigenvalue weighted by Gasteiger charge is -2.48. The molecule has 1 aliphatic rings. The van der Waals surface area contributed by atoms with Gasteiger partial charge in [0.1, 0.15) is 0 Å². The van der Waals surface area contributed by atoms with E-state index in [2.05, 4.69) is 19.5 Å². The molecule has 1 rings (SSSR count). The van der Waals surface area contributed by atoms with Gasteiger partial charge < -0.3 is 24.3 Å². The highest BCUT2D eigenvalue weighted by molar-refractivity contribution is 5.07. The lowest BCUT2D eigenvalue weighted by atomic mass is 9.80. The first-order valence-electron chi connectivity index (χ1n) is 14.8. The number of hydrogen-bond donors (Lipinski definition) is 1. The summed E-state index contributed by atoms with van der Waals surface area (Å²) in [5.41, 5.74) is -31.5. The molecule has 1 N–H and O–H groups in total. The zero-order chi connectivity index (χ0) is 46.9. The topological polar surface area (TPSA) is 49.0 Å². The summed E-state index contributed by atoms with van der Waals surface area (Å²) in [7, 11) is 0. The second kappa shape index (κ2) is 15.4. The normalized spacial score (nSPS) is 19.5. The van der Waals surface area contributed by atoms with Crippen molar-refractivity contribution in [2.24, 2.45) is 5.41 Å². The summed E-state index contributed by atoms with van der Waals surface area (Å²) in [6, 6.07) is 0. The Morgan fingerprint density at radius 2 is 0.552 bits per heavy atom. The van der Waals surface area contributed by atoms with Gasteiger partial charge in [-0.05, 0) is 40.5 Å². The van der Waals surface area contributed by atoms with Crippen molar-refractivity contribution in [2.45, 2.75) is 130 Å². The van der Waals surface area contributed by atoms with Crippen LogP contribution >= 0.6 is 0 Å². The molecule has 1 aliphatic heterocycles. The first-order valence-corrected chi connectivity index (χ1v) is 14.8. The van der Waals surface area contributed by atoms with Crippen LogP contribution in [0.15, 0.2) is 0 Å². The van der Waals surface area contributed by atoms with E-state index < -0.39 is 134 Å². The lowest BCUT2D eigenvalue weighted by molar-refractivity contribution is -0.474. The van der Waals surface area contributed by atoms with E-state index in [-0.39, 0.29) is 0 Å². The third kappa shape index (κ3) is 10.2. The maximum absolute atomic E-state index is 13.7. The minimum absolute atomic E-state index is 0.693. The highest BCUT2D eigenvalue weighted by atomic mass is 19.5. The van der Waals surface area contributed by atoms with Gasteiger partial charge in [0, 0.05) is 11.1 Å². The maximum atomic E-state index is 13.7. The first kappa shape index (κ1) is 53.9. The molecule has 0 unspecified atom stereocenters. The van der Waals surface area contributed by atoms with Gasteiger partial charge in [0.05, 0.1) is 37.9 Å². The summed E-state index contributed by atoms with van der Waals surface area (Å²) in [6.07, 6.45) is -75.5. The van der Waals surface area contributed by atoms with Crippen molar-refractivity contribution >= 4 is 0 Å². The summed E-state index contributed by atoms with van der Waals surface area (Å²) < 4.78 is 384. The number of rotatable bonds is 12. The fourth-order valence-corrected chi connectivity index (χ4v) is 5.86. The van der Waals surface area contributed by atoms with E-state index in [1.54, 1.807) is 0 Å². The molecule has 0 bridgehead atoms. The van der Waals surface area contributed by atoms with Crippen molar-refractivity contribution in [3.63, 3.8) is 0 Å². The number of alkyl halides is 27. The summed E-state index contributed by atoms with van der Waals surface area (Å²) in [6.45, 7) is -9.90. The van der Waals surface area contributed by atoms with Gasteiger partial charge in [0.25, 0.3) is 0 Å². The Kier molecular flexibility index (Phi) is 14.3. The van der Waals surface area contributed by atoms with E-state index in [0.29, 0.717) is 0 Å². The Hall–Kier alpha value is -2.09. The fourth-order valence-electron chi connectivity index (χ4n) is 5.86. The van der Waals surface area contributed by atoms with Crippen molar-refractivity contribution in [3.05, 3.63) is 0 Å². The van der Waals surface area contributed by atoms with E-state index in [0.717, 1.165) is 0 Å². The quantitative estimate of drug-likeness (QED) is 0.198. The summed E-state index contributed by atoms with van der Waals surface area (Å²) in [5.74, 6) is 0. The van der Waals surface area contributed by atoms with Crippen LogP contribution in [-0.4, -0.2) is 116 Å². The number of halogens is 27. The molecule has 0 amide bonds. The molecule has 0 saturated carbocycles. The average Bonchev–Trinajstić information content (AvgIpc) is 2.83. The molecule has 0 spiro atoms. The second-order valence-corrected chi connectivity index (χ2v) is 14.1. The molecule has 5 nitrogen and oxygen atoms in total. The monoisotopic (exact) mass is 929 g/mol. The van der Waals surface area contributed by atoms with Crippen molar-refractivity contribution in [2.75, 3.05) is 26.4 Å². The molecule has 1 fully saturated rings. The van der Waals surface area contributed by atoms with E-state index >= 15 is 0 Å². The largest absolute Gasteiger partial charge is 0.435 e. The molecule has 348 valence electrons. The van der Waals surface area contributed by atoms with Crippen molar-refractivity contribution in [3.8, 4) is 0 Å². The molecule has 1 saturated heterocycles. The Morgan fingerprint density at radius 1 is 0.362 bits per heavy atom. The van der Waals surface area contributed by atoms with Crippen LogP contribution in [0.1, 0.15) is 40.5 Å². The first-order chi connectivity index (χ1) is 24.9. The summed E-state index contributed by atoms with van der Waals surface area (Å²) in [5, 5.41) is 2.76. The Labute approximate surface area is 305 Å². The summed E-state index contributed by atoms with van der Waals surface area (Å²) in [4.78, 5) is 0. The fraction of sp³-hybridized carbons (Fsp3) is 1.00. The molecule has 0 aromatic rings. The van der Waals surface area contributed by atoms with Gasteiger partial charge in [-0.1, -0.05) is 0 Å². The molecule has 1 heterocycles. The van der Waals surface area contributed by atoms with Gasteiger partial charge >= 0.3 is 72.4 Å².